The number of aryl methyl sites for hydroxylation is 2. The van der Waals surface area contributed by atoms with Crippen LogP contribution in [0.5, 0.6) is 0 Å². The maximum Gasteiger partial charge on any atom is 0.339 e. The summed E-state index contributed by atoms with van der Waals surface area (Å²) < 4.78 is 6.45. The number of methoxy groups -OCH3 is 1. The minimum Gasteiger partial charge on any atom is -0.467 e. The van der Waals surface area contributed by atoms with Gasteiger partial charge in [0, 0.05) is 28.5 Å². The van der Waals surface area contributed by atoms with Gasteiger partial charge >= 0.3 is 5.97 Å². The standard InChI is InChI=1S/C23H21N3O3/c1-14-9-11-17(12-10-14)21-20(22(27)23(28)29-3)15(2)24-19-13-18(25-26(19)21)16-7-5-4-6-8-16/h4-13,22,27H,1-3H3. The van der Waals surface area contributed by atoms with E-state index in [1.165, 1.54) is 7.11 Å². The Morgan fingerprint density at radius 2 is 1.72 bits per heavy atom. The smallest absolute Gasteiger partial charge is 0.339 e. The van der Waals surface area contributed by atoms with E-state index in [1.54, 1.807) is 11.4 Å². The number of hydrogen-bond donors (Lipinski definition) is 1. The van der Waals surface area contributed by atoms with Crippen LogP contribution < -0.4 is 0 Å². The number of fused-ring (bicyclic) bond motifs is 1. The molecule has 146 valence electrons. The first kappa shape index (κ1) is 18.8. The predicted molar refractivity (Wildman–Crippen MR) is 110 cm³/mol. The molecule has 2 heterocycles. The Kier molecular flexibility index (Phi) is 4.86. The molecule has 1 N–H and O–H groups in total. The first-order valence-electron chi connectivity index (χ1n) is 9.28. The average Bonchev–Trinajstić information content (AvgIpc) is 3.16. The van der Waals surface area contributed by atoms with Crippen molar-refractivity contribution in [2.75, 3.05) is 7.11 Å². The second kappa shape index (κ2) is 7.48. The molecule has 2 aromatic carbocycles. The highest BCUT2D eigenvalue weighted by Crippen LogP contribution is 2.33. The number of carbonyl (C=O) groups excluding carboxylic acids is 1. The molecule has 0 bridgehead atoms. The minimum atomic E-state index is -1.46. The predicted octanol–water partition coefficient (Wildman–Crippen LogP) is 3.89. The molecule has 0 amide bonds. The number of aliphatic hydroxyl groups is 1. The summed E-state index contributed by atoms with van der Waals surface area (Å²) in [5.74, 6) is -0.738. The monoisotopic (exact) mass is 387 g/mol. The average molecular weight is 387 g/mol. The molecule has 29 heavy (non-hydrogen) atoms. The molecular formula is C23H21N3O3. The van der Waals surface area contributed by atoms with Gasteiger partial charge in [0.2, 0.25) is 0 Å². The third kappa shape index (κ3) is 3.39. The number of aliphatic hydroxyl groups excluding tert-OH is 1. The molecule has 1 unspecified atom stereocenters. The Bertz CT molecular complexity index is 1180. The van der Waals surface area contributed by atoms with Crippen LogP contribution in [0.4, 0.5) is 0 Å². The lowest BCUT2D eigenvalue weighted by Gasteiger charge is -2.17. The van der Waals surface area contributed by atoms with E-state index in [2.05, 4.69) is 4.98 Å². The number of ether oxygens (including phenoxy) is 1. The SMILES string of the molecule is COC(=O)C(O)c1c(C)nc2cc(-c3ccccc3)nn2c1-c1ccc(C)cc1. The van der Waals surface area contributed by atoms with Crippen LogP contribution in [0.1, 0.15) is 22.9 Å². The molecule has 0 aliphatic rings. The van der Waals surface area contributed by atoms with Crippen molar-refractivity contribution in [2.45, 2.75) is 20.0 Å². The van der Waals surface area contributed by atoms with E-state index in [0.29, 0.717) is 22.6 Å². The van der Waals surface area contributed by atoms with Crippen LogP contribution in [-0.4, -0.2) is 32.8 Å². The molecule has 6 heteroatoms. The van der Waals surface area contributed by atoms with Crippen LogP contribution in [-0.2, 0) is 9.53 Å². The van der Waals surface area contributed by atoms with Gasteiger partial charge in [-0.1, -0.05) is 60.2 Å². The summed E-state index contributed by atoms with van der Waals surface area (Å²) in [5, 5.41) is 15.4. The molecule has 0 saturated heterocycles. The number of rotatable bonds is 4. The van der Waals surface area contributed by atoms with E-state index in [9.17, 15) is 9.90 Å². The summed E-state index contributed by atoms with van der Waals surface area (Å²) >= 11 is 0. The molecule has 2 aromatic heterocycles. The van der Waals surface area contributed by atoms with Crippen LogP contribution in [0.15, 0.2) is 60.7 Å². The Morgan fingerprint density at radius 3 is 2.38 bits per heavy atom. The minimum absolute atomic E-state index is 0.385. The number of hydrogen-bond acceptors (Lipinski definition) is 5. The van der Waals surface area contributed by atoms with Gasteiger partial charge in [0.15, 0.2) is 11.8 Å². The molecule has 4 aromatic rings. The van der Waals surface area contributed by atoms with E-state index in [1.807, 2.05) is 67.6 Å². The van der Waals surface area contributed by atoms with Crippen molar-refractivity contribution in [1.82, 2.24) is 14.6 Å². The summed E-state index contributed by atoms with van der Waals surface area (Å²) in [6.45, 7) is 3.77. The van der Waals surface area contributed by atoms with Crippen LogP contribution in [0, 0.1) is 13.8 Å². The van der Waals surface area contributed by atoms with Crippen molar-refractivity contribution >= 4 is 11.6 Å². The van der Waals surface area contributed by atoms with Gasteiger partial charge in [-0.05, 0) is 13.8 Å². The van der Waals surface area contributed by atoms with E-state index in [-0.39, 0.29) is 0 Å². The Labute approximate surface area is 168 Å². The zero-order valence-electron chi connectivity index (χ0n) is 16.5. The topological polar surface area (TPSA) is 76.7 Å². The lowest BCUT2D eigenvalue weighted by Crippen LogP contribution is -2.18. The molecule has 0 spiro atoms. The van der Waals surface area contributed by atoms with Crippen molar-refractivity contribution < 1.29 is 14.6 Å². The number of benzene rings is 2. The zero-order chi connectivity index (χ0) is 20.5. The summed E-state index contributed by atoms with van der Waals surface area (Å²) in [7, 11) is 1.25. The number of nitrogens with zero attached hydrogens (tertiary/aromatic N) is 3. The van der Waals surface area contributed by atoms with E-state index in [4.69, 9.17) is 9.84 Å². The highest BCUT2D eigenvalue weighted by Gasteiger charge is 2.28. The van der Waals surface area contributed by atoms with E-state index < -0.39 is 12.1 Å². The highest BCUT2D eigenvalue weighted by atomic mass is 16.5. The van der Waals surface area contributed by atoms with Crippen molar-refractivity contribution in [3.05, 3.63) is 77.5 Å². The Morgan fingerprint density at radius 1 is 1.03 bits per heavy atom. The fourth-order valence-electron chi connectivity index (χ4n) is 3.43. The van der Waals surface area contributed by atoms with Crippen molar-refractivity contribution in [3.8, 4) is 22.5 Å². The number of esters is 1. The molecule has 0 fully saturated rings. The van der Waals surface area contributed by atoms with Crippen LogP contribution >= 0.6 is 0 Å². The Hall–Kier alpha value is -3.51. The molecular weight excluding hydrogens is 366 g/mol. The molecule has 4 rings (SSSR count). The fourth-order valence-corrected chi connectivity index (χ4v) is 3.43. The van der Waals surface area contributed by atoms with E-state index in [0.717, 1.165) is 22.4 Å². The zero-order valence-corrected chi connectivity index (χ0v) is 16.5. The van der Waals surface area contributed by atoms with Crippen LogP contribution in [0.2, 0.25) is 0 Å². The molecule has 6 nitrogen and oxygen atoms in total. The number of aromatic nitrogens is 3. The molecule has 1 atom stereocenters. The normalized spacial score (nSPS) is 12.1. The fraction of sp³-hybridized carbons (Fsp3) is 0.174. The van der Waals surface area contributed by atoms with Gasteiger partial charge in [-0.25, -0.2) is 14.3 Å². The van der Waals surface area contributed by atoms with Crippen molar-refractivity contribution in [3.63, 3.8) is 0 Å². The van der Waals surface area contributed by atoms with Gasteiger partial charge in [0.25, 0.3) is 0 Å². The summed E-state index contributed by atoms with van der Waals surface area (Å²) in [6, 6.07) is 19.5. The first-order chi connectivity index (χ1) is 14.0. The maximum atomic E-state index is 12.1. The van der Waals surface area contributed by atoms with Gasteiger partial charge in [0.1, 0.15) is 0 Å². The quantitative estimate of drug-likeness (QED) is 0.538. The summed E-state index contributed by atoms with van der Waals surface area (Å²) in [6.07, 6.45) is -1.46. The lowest BCUT2D eigenvalue weighted by molar-refractivity contribution is -0.150. The van der Waals surface area contributed by atoms with Gasteiger partial charge in [0.05, 0.1) is 18.5 Å². The Balaban J connectivity index is 2.03. The molecule has 0 saturated carbocycles. The third-order valence-electron chi connectivity index (χ3n) is 4.92. The summed E-state index contributed by atoms with van der Waals surface area (Å²) in [4.78, 5) is 16.7. The second-order valence-electron chi connectivity index (χ2n) is 6.92. The lowest BCUT2D eigenvalue weighted by atomic mass is 9.99. The first-order valence-corrected chi connectivity index (χ1v) is 9.28. The summed E-state index contributed by atoms with van der Waals surface area (Å²) in [5.41, 5.74) is 5.84. The van der Waals surface area contributed by atoms with E-state index >= 15 is 0 Å². The van der Waals surface area contributed by atoms with Crippen molar-refractivity contribution in [2.24, 2.45) is 0 Å². The van der Waals surface area contributed by atoms with Gasteiger partial charge < -0.3 is 9.84 Å². The molecule has 0 aliphatic carbocycles. The van der Waals surface area contributed by atoms with Gasteiger partial charge in [-0.15, -0.1) is 0 Å². The number of carbonyl (C=O) groups is 1. The highest BCUT2D eigenvalue weighted by molar-refractivity contribution is 5.81. The maximum absolute atomic E-state index is 12.1. The van der Waals surface area contributed by atoms with Gasteiger partial charge in [-0.3, -0.25) is 0 Å². The van der Waals surface area contributed by atoms with Gasteiger partial charge in [-0.2, -0.15) is 5.10 Å². The van der Waals surface area contributed by atoms with Crippen molar-refractivity contribution in [1.29, 1.82) is 0 Å². The third-order valence-corrected chi connectivity index (χ3v) is 4.92. The van der Waals surface area contributed by atoms with Crippen LogP contribution in [0.25, 0.3) is 28.2 Å². The molecule has 0 aliphatic heterocycles. The second-order valence-corrected chi connectivity index (χ2v) is 6.92. The molecule has 0 radical (unpaired) electrons. The largest absolute Gasteiger partial charge is 0.467 e. The van der Waals surface area contributed by atoms with Crippen LogP contribution in [0.3, 0.4) is 0 Å².